The first-order valence-electron chi connectivity index (χ1n) is 9.50. The summed E-state index contributed by atoms with van der Waals surface area (Å²) < 4.78 is 5.24. The van der Waals surface area contributed by atoms with Gasteiger partial charge in [0.25, 0.3) is 5.91 Å². The monoisotopic (exact) mass is 372 g/mol. The van der Waals surface area contributed by atoms with Crippen LogP contribution in [0.15, 0.2) is 78.9 Å². The Morgan fingerprint density at radius 2 is 1.61 bits per heavy atom. The molecule has 0 aromatic heterocycles. The van der Waals surface area contributed by atoms with Gasteiger partial charge in [-0.3, -0.25) is 4.79 Å². The summed E-state index contributed by atoms with van der Waals surface area (Å²) in [6.45, 7) is 1.17. The smallest absolute Gasteiger partial charge is 0.254 e. The van der Waals surface area contributed by atoms with E-state index in [4.69, 9.17) is 10.5 Å². The van der Waals surface area contributed by atoms with Crippen LogP contribution in [0.1, 0.15) is 21.8 Å². The Morgan fingerprint density at radius 1 is 0.929 bits per heavy atom. The Kier molecular flexibility index (Phi) is 5.13. The van der Waals surface area contributed by atoms with Crippen LogP contribution in [0.2, 0.25) is 0 Å². The number of likely N-dealkylation sites (tertiary alicyclic amines) is 1. The highest BCUT2D eigenvalue weighted by Gasteiger charge is 2.34. The van der Waals surface area contributed by atoms with Gasteiger partial charge < -0.3 is 15.4 Å². The number of hydrogen-bond acceptors (Lipinski definition) is 3. The molecule has 4 nitrogen and oxygen atoms in total. The third kappa shape index (κ3) is 3.51. The van der Waals surface area contributed by atoms with E-state index in [1.165, 1.54) is 0 Å². The molecule has 0 unspecified atom stereocenters. The second-order valence-corrected chi connectivity index (χ2v) is 7.17. The molecule has 1 saturated heterocycles. The van der Waals surface area contributed by atoms with Gasteiger partial charge in [-0.15, -0.1) is 0 Å². The Balaban J connectivity index is 1.58. The van der Waals surface area contributed by atoms with E-state index in [1.807, 2.05) is 83.8 Å². The zero-order valence-electron chi connectivity index (χ0n) is 15.9. The van der Waals surface area contributed by atoms with Crippen molar-refractivity contribution in [2.75, 3.05) is 20.2 Å². The van der Waals surface area contributed by atoms with Crippen molar-refractivity contribution in [1.82, 2.24) is 4.90 Å². The first-order chi connectivity index (χ1) is 13.7. The number of nitrogens with two attached hydrogens (primary N) is 1. The van der Waals surface area contributed by atoms with Crippen molar-refractivity contribution >= 4 is 5.91 Å². The van der Waals surface area contributed by atoms with E-state index in [1.54, 1.807) is 7.11 Å². The summed E-state index contributed by atoms with van der Waals surface area (Å²) in [6, 6.07) is 25.7. The van der Waals surface area contributed by atoms with Crippen LogP contribution in [0.4, 0.5) is 0 Å². The Hall–Kier alpha value is -3.11. The lowest BCUT2D eigenvalue weighted by molar-refractivity contribution is 0.0790. The van der Waals surface area contributed by atoms with E-state index in [-0.39, 0.29) is 17.9 Å². The topological polar surface area (TPSA) is 55.6 Å². The summed E-state index contributed by atoms with van der Waals surface area (Å²) in [5, 5.41) is 0. The molecule has 2 atom stereocenters. The molecule has 0 radical (unpaired) electrons. The molecule has 3 aromatic rings. The van der Waals surface area contributed by atoms with Crippen LogP contribution >= 0.6 is 0 Å². The van der Waals surface area contributed by atoms with Gasteiger partial charge in [0, 0.05) is 30.6 Å². The molecule has 3 aromatic carbocycles. The fraction of sp³-hybridized carbons (Fsp3) is 0.208. The highest BCUT2D eigenvalue weighted by Crippen LogP contribution is 2.31. The molecular weight excluding hydrogens is 348 g/mol. The number of methoxy groups -OCH3 is 1. The van der Waals surface area contributed by atoms with E-state index in [0.29, 0.717) is 13.1 Å². The second-order valence-electron chi connectivity index (χ2n) is 7.17. The van der Waals surface area contributed by atoms with Crippen molar-refractivity contribution in [2.24, 2.45) is 5.73 Å². The van der Waals surface area contributed by atoms with Crippen LogP contribution in [0.5, 0.6) is 5.75 Å². The summed E-state index contributed by atoms with van der Waals surface area (Å²) in [5.41, 5.74) is 10.3. The van der Waals surface area contributed by atoms with E-state index < -0.39 is 0 Å². The van der Waals surface area contributed by atoms with Crippen molar-refractivity contribution in [1.29, 1.82) is 0 Å². The molecule has 1 amide bonds. The molecule has 1 heterocycles. The highest BCUT2D eigenvalue weighted by atomic mass is 16.5. The fourth-order valence-corrected chi connectivity index (χ4v) is 3.91. The van der Waals surface area contributed by atoms with E-state index in [0.717, 1.165) is 28.0 Å². The Bertz CT molecular complexity index is 954. The Labute approximate surface area is 165 Å². The molecule has 28 heavy (non-hydrogen) atoms. The lowest BCUT2D eigenvalue weighted by Gasteiger charge is -2.19. The maximum absolute atomic E-state index is 13.3. The maximum atomic E-state index is 13.3. The maximum Gasteiger partial charge on any atom is 0.254 e. The molecule has 1 aliphatic rings. The molecule has 2 N–H and O–H groups in total. The number of carbonyl (C=O) groups excluding carboxylic acids is 1. The number of amides is 1. The highest BCUT2D eigenvalue weighted by molar-refractivity contribution is 6.01. The Morgan fingerprint density at radius 3 is 2.32 bits per heavy atom. The number of carbonyl (C=O) groups is 1. The lowest BCUT2D eigenvalue weighted by Crippen LogP contribution is -2.32. The standard InChI is InChI=1S/C24H24N2O2/c1-28-19-13-11-18(12-14-19)22-15-26(16-23(22)25)24(27)21-10-6-5-9-20(21)17-7-3-2-4-8-17/h2-14,22-23H,15-16,25H2,1H3/t22-,23+/m0/s1. The molecule has 1 aliphatic heterocycles. The van der Waals surface area contributed by atoms with Crippen LogP contribution in [-0.2, 0) is 0 Å². The van der Waals surface area contributed by atoms with Crippen LogP contribution < -0.4 is 10.5 Å². The van der Waals surface area contributed by atoms with Crippen LogP contribution in [0.3, 0.4) is 0 Å². The van der Waals surface area contributed by atoms with Crippen molar-refractivity contribution < 1.29 is 9.53 Å². The summed E-state index contributed by atoms with van der Waals surface area (Å²) >= 11 is 0. The van der Waals surface area contributed by atoms with Gasteiger partial charge >= 0.3 is 0 Å². The van der Waals surface area contributed by atoms with Gasteiger partial charge in [-0.05, 0) is 34.9 Å². The molecule has 0 bridgehead atoms. The van der Waals surface area contributed by atoms with Crippen molar-refractivity contribution in [3.63, 3.8) is 0 Å². The quantitative estimate of drug-likeness (QED) is 0.755. The molecule has 0 spiro atoms. The number of rotatable bonds is 4. The van der Waals surface area contributed by atoms with Gasteiger partial charge in [0.05, 0.1) is 7.11 Å². The van der Waals surface area contributed by atoms with Gasteiger partial charge in [0.1, 0.15) is 5.75 Å². The van der Waals surface area contributed by atoms with Crippen LogP contribution in [0.25, 0.3) is 11.1 Å². The number of benzene rings is 3. The summed E-state index contributed by atoms with van der Waals surface area (Å²) in [7, 11) is 1.65. The molecule has 4 heteroatoms. The molecule has 0 saturated carbocycles. The molecule has 142 valence electrons. The summed E-state index contributed by atoms with van der Waals surface area (Å²) in [6.07, 6.45) is 0. The van der Waals surface area contributed by atoms with Crippen molar-refractivity contribution in [3.8, 4) is 16.9 Å². The van der Waals surface area contributed by atoms with Gasteiger partial charge in [-0.25, -0.2) is 0 Å². The van der Waals surface area contributed by atoms with Crippen LogP contribution in [-0.4, -0.2) is 37.0 Å². The largest absolute Gasteiger partial charge is 0.497 e. The van der Waals surface area contributed by atoms with Gasteiger partial charge in [-0.2, -0.15) is 0 Å². The molecule has 0 aliphatic carbocycles. The first-order valence-corrected chi connectivity index (χ1v) is 9.50. The third-order valence-corrected chi connectivity index (χ3v) is 5.44. The van der Waals surface area contributed by atoms with Gasteiger partial charge in [0.15, 0.2) is 0 Å². The molecule has 1 fully saturated rings. The second kappa shape index (κ2) is 7.87. The van der Waals surface area contributed by atoms with Crippen LogP contribution in [0, 0.1) is 0 Å². The predicted octanol–water partition coefficient (Wildman–Crippen LogP) is 3.93. The van der Waals surface area contributed by atoms with E-state index in [2.05, 4.69) is 0 Å². The number of nitrogens with zero attached hydrogens (tertiary/aromatic N) is 1. The number of hydrogen-bond donors (Lipinski definition) is 1. The van der Waals surface area contributed by atoms with Gasteiger partial charge in [0.2, 0.25) is 0 Å². The number of ether oxygens (including phenoxy) is 1. The minimum atomic E-state index is -0.0822. The van der Waals surface area contributed by atoms with E-state index >= 15 is 0 Å². The van der Waals surface area contributed by atoms with Crippen molar-refractivity contribution in [3.05, 3.63) is 90.0 Å². The zero-order valence-corrected chi connectivity index (χ0v) is 15.9. The average molecular weight is 372 g/mol. The van der Waals surface area contributed by atoms with Gasteiger partial charge in [-0.1, -0.05) is 60.7 Å². The fourth-order valence-electron chi connectivity index (χ4n) is 3.91. The average Bonchev–Trinajstić information content (AvgIpc) is 3.15. The summed E-state index contributed by atoms with van der Waals surface area (Å²) in [5.74, 6) is 0.977. The zero-order chi connectivity index (χ0) is 19.5. The predicted molar refractivity (Wildman–Crippen MR) is 111 cm³/mol. The van der Waals surface area contributed by atoms with E-state index in [9.17, 15) is 4.79 Å². The normalized spacial score (nSPS) is 18.9. The third-order valence-electron chi connectivity index (χ3n) is 5.44. The minimum absolute atomic E-state index is 0.0333. The first kappa shape index (κ1) is 18.3. The lowest BCUT2D eigenvalue weighted by atomic mass is 9.95. The molecular formula is C24H24N2O2. The summed E-state index contributed by atoms with van der Waals surface area (Å²) in [4.78, 5) is 15.2. The van der Waals surface area contributed by atoms with Crippen molar-refractivity contribution in [2.45, 2.75) is 12.0 Å². The SMILES string of the molecule is COc1ccc([C@@H]2CN(C(=O)c3ccccc3-c3ccccc3)C[C@H]2N)cc1. The minimum Gasteiger partial charge on any atom is -0.497 e. The molecule has 4 rings (SSSR count).